The topological polar surface area (TPSA) is 27.6 Å². The van der Waals surface area contributed by atoms with Crippen molar-refractivity contribution in [3.8, 4) is 0 Å². The fraction of sp³-hybridized carbons (Fsp3) is 0.632. The Bertz CT molecular complexity index is 503. The van der Waals surface area contributed by atoms with Gasteiger partial charge in [0.05, 0.1) is 0 Å². The molecular formula is C19H30IN3. The van der Waals surface area contributed by atoms with E-state index in [9.17, 15) is 0 Å². The van der Waals surface area contributed by atoms with Gasteiger partial charge in [0.15, 0.2) is 5.96 Å². The van der Waals surface area contributed by atoms with Crippen LogP contribution in [0.5, 0.6) is 0 Å². The number of halogens is 1. The molecule has 3 nitrogen and oxygen atoms in total. The lowest BCUT2D eigenvalue weighted by atomic mass is 10.0. The molecule has 0 aromatic heterocycles. The number of hydrogen-bond donors (Lipinski definition) is 1. The number of benzene rings is 1. The second-order valence-electron chi connectivity index (χ2n) is 6.90. The van der Waals surface area contributed by atoms with Crippen LogP contribution in [0.1, 0.15) is 44.6 Å². The zero-order valence-electron chi connectivity index (χ0n) is 14.4. The summed E-state index contributed by atoms with van der Waals surface area (Å²) in [6.07, 6.45) is 3.94. The SMILES string of the molecule is CCNC(=NCC1CC1c1ccccc1)N1CCCC(C)C1.I. The molecule has 3 atom stereocenters. The maximum absolute atomic E-state index is 4.94. The minimum atomic E-state index is 0. The molecule has 1 N–H and O–H groups in total. The standard InChI is InChI=1S/C19H29N3.HI/c1-3-20-19(22-11-7-8-15(2)14-22)21-13-17-12-18(17)16-9-5-4-6-10-16;/h4-6,9-10,15,17-18H,3,7-8,11-14H2,1-2H3,(H,20,21);1H. The number of nitrogens with one attached hydrogen (secondary N) is 1. The summed E-state index contributed by atoms with van der Waals surface area (Å²) in [7, 11) is 0. The highest BCUT2D eigenvalue weighted by Gasteiger charge is 2.37. The van der Waals surface area contributed by atoms with Crippen LogP contribution in [0.2, 0.25) is 0 Å². The van der Waals surface area contributed by atoms with Crippen molar-refractivity contribution in [1.82, 2.24) is 10.2 Å². The van der Waals surface area contributed by atoms with E-state index in [0.717, 1.165) is 49.9 Å². The summed E-state index contributed by atoms with van der Waals surface area (Å²) in [5, 5.41) is 3.49. The van der Waals surface area contributed by atoms with Crippen molar-refractivity contribution >= 4 is 29.9 Å². The van der Waals surface area contributed by atoms with Gasteiger partial charge in [0.2, 0.25) is 0 Å². The summed E-state index contributed by atoms with van der Waals surface area (Å²) >= 11 is 0. The van der Waals surface area contributed by atoms with Gasteiger partial charge in [-0.05, 0) is 49.5 Å². The van der Waals surface area contributed by atoms with Crippen molar-refractivity contribution in [3.63, 3.8) is 0 Å². The molecule has 3 rings (SSSR count). The number of rotatable bonds is 4. The Morgan fingerprint density at radius 2 is 2.09 bits per heavy atom. The van der Waals surface area contributed by atoms with Crippen LogP contribution >= 0.6 is 24.0 Å². The summed E-state index contributed by atoms with van der Waals surface area (Å²) in [6.45, 7) is 8.74. The van der Waals surface area contributed by atoms with E-state index in [1.54, 1.807) is 0 Å². The number of guanidine groups is 1. The molecule has 1 aromatic rings. The van der Waals surface area contributed by atoms with Gasteiger partial charge in [-0.1, -0.05) is 37.3 Å². The van der Waals surface area contributed by atoms with Crippen molar-refractivity contribution < 1.29 is 0 Å². The van der Waals surface area contributed by atoms with Crippen LogP contribution in [-0.2, 0) is 0 Å². The van der Waals surface area contributed by atoms with Gasteiger partial charge in [0.25, 0.3) is 0 Å². The van der Waals surface area contributed by atoms with Gasteiger partial charge in [-0.15, -0.1) is 24.0 Å². The first-order valence-electron chi connectivity index (χ1n) is 8.86. The fourth-order valence-corrected chi connectivity index (χ4v) is 3.57. The normalized spacial score (nSPS) is 27.3. The summed E-state index contributed by atoms with van der Waals surface area (Å²) in [6, 6.07) is 10.9. The van der Waals surface area contributed by atoms with Crippen molar-refractivity contribution in [2.45, 2.75) is 39.0 Å². The average Bonchev–Trinajstić information content (AvgIpc) is 3.32. The summed E-state index contributed by atoms with van der Waals surface area (Å²) in [5.74, 6) is 3.38. The van der Waals surface area contributed by atoms with Gasteiger partial charge in [0, 0.05) is 26.2 Å². The molecule has 2 aliphatic rings. The van der Waals surface area contributed by atoms with E-state index < -0.39 is 0 Å². The number of aliphatic imine (C=N–C) groups is 1. The van der Waals surface area contributed by atoms with Crippen LogP contribution < -0.4 is 5.32 Å². The van der Waals surface area contributed by atoms with Gasteiger partial charge >= 0.3 is 0 Å². The van der Waals surface area contributed by atoms with Crippen molar-refractivity contribution in [2.75, 3.05) is 26.2 Å². The Balaban J connectivity index is 0.00000192. The van der Waals surface area contributed by atoms with Crippen LogP contribution in [0.25, 0.3) is 0 Å². The summed E-state index contributed by atoms with van der Waals surface area (Å²) in [4.78, 5) is 7.40. The molecule has 4 heteroatoms. The van der Waals surface area contributed by atoms with Gasteiger partial charge in [-0.3, -0.25) is 4.99 Å². The molecule has 0 radical (unpaired) electrons. The molecule has 1 aliphatic heterocycles. The second-order valence-corrected chi connectivity index (χ2v) is 6.90. The molecule has 0 spiro atoms. The minimum absolute atomic E-state index is 0. The number of hydrogen-bond acceptors (Lipinski definition) is 1. The fourth-order valence-electron chi connectivity index (χ4n) is 3.57. The zero-order chi connectivity index (χ0) is 15.4. The third-order valence-electron chi connectivity index (χ3n) is 4.92. The third kappa shape index (κ3) is 5.10. The molecule has 128 valence electrons. The Labute approximate surface area is 158 Å². The highest BCUT2D eigenvalue weighted by Crippen LogP contribution is 2.47. The van der Waals surface area contributed by atoms with Crippen molar-refractivity contribution in [1.29, 1.82) is 0 Å². The Morgan fingerprint density at radius 3 is 2.78 bits per heavy atom. The molecule has 1 saturated carbocycles. The maximum Gasteiger partial charge on any atom is 0.193 e. The quantitative estimate of drug-likeness (QED) is 0.445. The zero-order valence-corrected chi connectivity index (χ0v) is 16.7. The van der Waals surface area contributed by atoms with E-state index in [1.807, 2.05) is 0 Å². The molecule has 0 amide bonds. The van der Waals surface area contributed by atoms with Gasteiger partial charge in [-0.25, -0.2) is 0 Å². The van der Waals surface area contributed by atoms with E-state index in [0.29, 0.717) is 0 Å². The molecule has 1 saturated heterocycles. The third-order valence-corrected chi connectivity index (χ3v) is 4.92. The molecule has 2 fully saturated rings. The van der Waals surface area contributed by atoms with Gasteiger partial charge in [-0.2, -0.15) is 0 Å². The molecule has 0 bridgehead atoms. The lowest BCUT2D eigenvalue weighted by molar-refractivity contribution is 0.266. The Kier molecular flexibility index (Phi) is 7.18. The number of likely N-dealkylation sites (tertiary alicyclic amines) is 1. The van der Waals surface area contributed by atoms with Crippen LogP contribution in [-0.4, -0.2) is 37.0 Å². The largest absolute Gasteiger partial charge is 0.357 e. The minimum Gasteiger partial charge on any atom is -0.357 e. The van der Waals surface area contributed by atoms with Crippen LogP contribution in [0.3, 0.4) is 0 Å². The molecule has 23 heavy (non-hydrogen) atoms. The predicted molar refractivity (Wildman–Crippen MR) is 109 cm³/mol. The van der Waals surface area contributed by atoms with Crippen molar-refractivity contribution in [2.24, 2.45) is 16.8 Å². The molecule has 1 aromatic carbocycles. The van der Waals surface area contributed by atoms with E-state index >= 15 is 0 Å². The highest BCUT2D eigenvalue weighted by atomic mass is 127. The Hall–Kier alpha value is -0.780. The molecule has 1 heterocycles. The second kappa shape index (κ2) is 8.90. The van der Waals surface area contributed by atoms with E-state index in [1.165, 1.54) is 24.8 Å². The summed E-state index contributed by atoms with van der Waals surface area (Å²) < 4.78 is 0. The highest BCUT2D eigenvalue weighted by molar-refractivity contribution is 14.0. The number of piperidine rings is 1. The monoisotopic (exact) mass is 427 g/mol. The average molecular weight is 427 g/mol. The van der Waals surface area contributed by atoms with Gasteiger partial charge < -0.3 is 10.2 Å². The first kappa shape index (κ1) is 18.6. The first-order chi connectivity index (χ1) is 10.8. The lowest BCUT2D eigenvalue weighted by Gasteiger charge is -2.33. The van der Waals surface area contributed by atoms with Crippen LogP contribution in [0.4, 0.5) is 0 Å². The van der Waals surface area contributed by atoms with E-state index in [2.05, 4.69) is 54.4 Å². The molecule has 3 unspecified atom stereocenters. The van der Waals surface area contributed by atoms with Crippen LogP contribution in [0, 0.1) is 11.8 Å². The maximum atomic E-state index is 4.94. The molecular weight excluding hydrogens is 397 g/mol. The van der Waals surface area contributed by atoms with Crippen LogP contribution in [0.15, 0.2) is 35.3 Å². The first-order valence-corrected chi connectivity index (χ1v) is 8.86. The summed E-state index contributed by atoms with van der Waals surface area (Å²) in [5.41, 5.74) is 1.49. The van der Waals surface area contributed by atoms with Gasteiger partial charge in [0.1, 0.15) is 0 Å². The lowest BCUT2D eigenvalue weighted by Crippen LogP contribution is -2.46. The smallest absolute Gasteiger partial charge is 0.193 e. The van der Waals surface area contributed by atoms with E-state index in [4.69, 9.17) is 4.99 Å². The Morgan fingerprint density at radius 1 is 1.30 bits per heavy atom. The van der Waals surface area contributed by atoms with E-state index in [-0.39, 0.29) is 24.0 Å². The molecule has 1 aliphatic carbocycles. The predicted octanol–water partition coefficient (Wildman–Crippen LogP) is 4.11. The van der Waals surface area contributed by atoms with Crippen molar-refractivity contribution in [3.05, 3.63) is 35.9 Å². The number of nitrogens with zero attached hydrogens (tertiary/aromatic N) is 2.